The Labute approximate surface area is 93.7 Å². The molecule has 2 nitrogen and oxygen atoms in total. The van der Waals surface area contributed by atoms with Crippen molar-refractivity contribution in [3.05, 3.63) is 33.8 Å². The molecule has 1 rings (SSSR count). The summed E-state index contributed by atoms with van der Waals surface area (Å²) < 4.78 is 10.5. The van der Waals surface area contributed by atoms with Crippen LogP contribution in [-0.4, -0.2) is 14.2 Å². The summed E-state index contributed by atoms with van der Waals surface area (Å²) in [4.78, 5) is 0. The maximum absolute atomic E-state index is 6.03. The van der Waals surface area contributed by atoms with Crippen LogP contribution in [0.2, 0.25) is 10.0 Å². The van der Waals surface area contributed by atoms with Gasteiger partial charge < -0.3 is 9.47 Å². The molecule has 0 saturated carbocycles. The third kappa shape index (κ3) is 2.20. The highest BCUT2D eigenvalue weighted by Gasteiger charge is 2.27. The van der Waals surface area contributed by atoms with Gasteiger partial charge in [-0.3, -0.25) is 0 Å². The molecular weight excluding hydrogens is 223 g/mol. The Morgan fingerprint density at radius 3 is 2.14 bits per heavy atom. The summed E-state index contributed by atoms with van der Waals surface area (Å²) in [5.41, 5.74) is 0.758. The van der Waals surface area contributed by atoms with Crippen LogP contribution in [0.15, 0.2) is 18.2 Å². The van der Waals surface area contributed by atoms with Gasteiger partial charge in [0.05, 0.1) is 5.02 Å². The highest BCUT2D eigenvalue weighted by Crippen LogP contribution is 2.32. The molecule has 0 aliphatic carbocycles. The second kappa shape index (κ2) is 4.49. The zero-order valence-electron chi connectivity index (χ0n) is 8.30. The Balaban J connectivity index is 3.17. The minimum Gasteiger partial charge on any atom is -0.349 e. The second-order valence-electron chi connectivity index (χ2n) is 2.98. The normalized spacial score (nSPS) is 11.8. The van der Waals surface area contributed by atoms with Crippen LogP contribution in [0.5, 0.6) is 0 Å². The number of halogens is 2. The third-order valence-corrected chi connectivity index (χ3v) is 2.75. The van der Waals surface area contributed by atoms with Crippen LogP contribution in [-0.2, 0) is 15.3 Å². The van der Waals surface area contributed by atoms with E-state index in [9.17, 15) is 0 Å². The van der Waals surface area contributed by atoms with E-state index in [0.717, 1.165) is 5.56 Å². The van der Waals surface area contributed by atoms with Gasteiger partial charge in [0, 0.05) is 24.8 Å². The topological polar surface area (TPSA) is 18.5 Å². The number of rotatable bonds is 3. The van der Waals surface area contributed by atoms with Crippen LogP contribution >= 0.6 is 23.2 Å². The van der Waals surface area contributed by atoms with E-state index in [1.165, 1.54) is 0 Å². The third-order valence-electron chi connectivity index (χ3n) is 2.20. The first kappa shape index (κ1) is 11.8. The average molecular weight is 235 g/mol. The highest BCUT2D eigenvalue weighted by molar-refractivity contribution is 6.35. The fraction of sp³-hybridized carbons (Fsp3) is 0.400. The van der Waals surface area contributed by atoms with Gasteiger partial charge in [-0.05, 0) is 19.1 Å². The van der Waals surface area contributed by atoms with Crippen molar-refractivity contribution in [3.63, 3.8) is 0 Å². The quantitative estimate of drug-likeness (QED) is 0.747. The van der Waals surface area contributed by atoms with Crippen LogP contribution < -0.4 is 0 Å². The Morgan fingerprint density at radius 2 is 1.71 bits per heavy atom. The molecule has 0 fully saturated rings. The summed E-state index contributed by atoms with van der Waals surface area (Å²) in [7, 11) is 3.13. The van der Waals surface area contributed by atoms with Gasteiger partial charge in [0.2, 0.25) is 0 Å². The van der Waals surface area contributed by atoms with Gasteiger partial charge >= 0.3 is 0 Å². The molecule has 0 aliphatic rings. The summed E-state index contributed by atoms with van der Waals surface area (Å²) in [5.74, 6) is -0.832. The molecule has 0 atom stereocenters. The first-order valence-corrected chi connectivity index (χ1v) is 4.85. The minimum absolute atomic E-state index is 0.531. The molecule has 0 amide bonds. The van der Waals surface area contributed by atoms with Crippen molar-refractivity contribution in [2.45, 2.75) is 12.7 Å². The van der Waals surface area contributed by atoms with E-state index in [4.69, 9.17) is 32.7 Å². The van der Waals surface area contributed by atoms with E-state index in [2.05, 4.69) is 0 Å². The molecule has 1 aromatic rings. The summed E-state index contributed by atoms with van der Waals surface area (Å²) in [5, 5.41) is 1.12. The van der Waals surface area contributed by atoms with Crippen LogP contribution in [0, 0.1) is 0 Å². The maximum Gasteiger partial charge on any atom is 0.192 e. The van der Waals surface area contributed by atoms with Crippen LogP contribution in [0.1, 0.15) is 12.5 Å². The van der Waals surface area contributed by atoms with Gasteiger partial charge in [0.15, 0.2) is 5.79 Å². The molecular formula is C10H12Cl2O2. The maximum atomic E-state index is 6.03. The first-order chi connectivity index (χ1) is 6.53. The Kier molecular flexibility index (Phi) is 3.78. The smallest absolute Gasteiger partial charge is 0.192 e. The largest absolute Gasteiger partial charge is 0.349 e. The molecule has 0 aliphatic heterocycles. The standard InChI is InChI=1S/C10H12Cl2O2/c1-10(13-2,14-3)8-5-4-7(11)6-9(8)12/h4-6H,1-3H3. The SMILES string of the molecule is COC(C)(OC)c1ccc(Cl)cc1Cl. The molecule has 78 valence electrons. The van der Waals surface area contributed by atoms with Crippen LogP contribution in [0.4, 0.5) is 0 Å². The van der Waals surface area contributed by atoms with E-state index in [1.54, 1.807) is 39.3 Å². The van der Waals surface area contributed by atoms with Gasteiger partial charge in [-0.1, -0.05) is 29.3 Å². The van der Waals surface area contributed by atoms with Gasteiger partial charge in [-0.25, -0.2) is 0 Å². The fourth-order valence-electron chi connectivity index (χ4n) is 1.16. The highest BCUT2D eigenvalue weighted by atomic mass is 35.5. The number of hydrogen-bond donors (Lipinski definition) is 0. The molecule has 4 heteroatoms. The first-order valence-electron chi connectivity index (χ1n) is 4.09. The monoisotopic (exact) mass is 234 g/mol. The molecule has 0 saturated heterocycles. The molecule has 1 aromatic carbocycles. The van der Waals surface area contributed by atoms with E-state index >= 15 is 0 Å². The van der Waals surface area contributed by atoms with Crippen molar-refractivity contribution in [3.8, 4) is 0 Å². The zero-order valence-corrected chi connectivity index (χ0v) is 9.82. The molecule has 14 heavy (non-hydrogen) atoms. The average Bonchev–Trinajstić information content (AvgIpc) is 2.17. The van der Waals surface area contributed by atoms with Gasteiger partial charge in [-0.2, -0.15) is 0 Å². The summed E-state index contributed by atoms with van der Waals surface area (Å²) in [6.07, 6.45) is 0. The molecule has 0 bridgehead atoms. The Bertz CT molecular complexity index is 322. The van der Waals surface area contributed by atoms with Crippen molar-refractivity contribution in [2.24, 2.45) is 0 Å². The lowest BCUT2D eigenvalue weighted by Gasteiger charge is -2.27. The lowest BCUT2D eigenvalue weighted by molar-refractivity contribution is -0.201. The van der Waals surface area contributed by atoms with Gasteiger partial charge in [-0.15, -0.1) is 0 Å². The summed E-state index contributed by atoms with van der Waals surface area (Å²) in [6.45, 7) is 1.79. The van der Waals surface area contributed by atoms with E-state index < -0.39 is 5.79 Å². The predicted molar refractivity (Wildman–Crippen MR) is 57.8 cm³/mol. The Morgan fingerprint density at radius 1 is 1.14 bits per heavy atom. The van der Waals surface area contributed by atoms with E-state index in [0.29, 0.717) is 10.0 Å². The molecule has 0 radical (unpaired) electrons. The molecule has 0 aromatic heterocycles. The summed E-state index contributed by atoms with van der Waals surface area (Å²) >= 11 is 11.8. The lowest BCUT2D eigenvalue weighted by Crippen LogP contribution is -2.26. The Hall–Kier alpha value is -0.280. The number of ether oxygens (including phenoxy) is 2. The number of methoxy groups -OCH3 is 2. The van der Waals surface area contributed by atoms with E-state index in [1.807, 2.05) is 0 Å². The molecule has 0 N–H and O–H groups in total. The van der Waals surface area contributed by atoms with Crippen molar-refractivity contribution in [2.75, 3.05) is 14.2 Å². The summed E-state index contributed by atoms with van der Waals surface area (Å²) in [6, 6.07) is 5.20. The van der Waals surface area contributed by atoms with Gasteiger partial charge in [0.1, 0.15) is 0 Å². The number of hydrogen-bond acceptors (Lipinski definition) is 2. The van der Waals surface area contributed by atoms with Gasteiger partial charge in [0.25, 0.3) is 0 Å². The van der Waals surface area contributed by atoms with Crippen LogP contribution in [0.25, 0.3) is 0 Å². The predicted octanol–water partition coefficient (Wildman–Crippen LogP) is 3.46. The number of benzene rings is 1. The molecule has 0 unspecified atom stereocenters. The molecule has 0 heterocycles. The minimum atomic E-state index is -0.832. The molecule has 0 spiro atoms. The van der Waals surface area contributed by atoms with Crippen molar-refractivity contribution in [1.82, 2.24) is 0 Å². The second-order valence-corrected chi connectivity index (χ2v) is 3.82. The fourth-order valence-corrected chi connectivity index (χ4v) is 1.74. The zero-order chi connectivity index (χ0) is 10.8. The van der Waals surface area contributed by atoms with Crippen molar-refractivity contribution >= 4 is 23.2 Å². The van der Waals surface area contributed by atoms with Crippen molar-refractivity contribution < 1.29 is 9.47 Å². The van der Waals surface area contributed by atoms with Crippen LogP contribution in [0.3, 0.4) is 0 Å². The van der Waals surface area contributed by atoms with E-state index in [-0.39, 0.29) is 0 Å². The lowest BCUT2D eigenvalue weighted by atomic mass is 10.1. The van der Waals surface area contributed by atoms with Crippen molar-refractivity contribution in [1.29, 1.82) is 0 Å².